The van der Waals surface area contributed by atoms with Gasteiger partial charge in [-0.1, -0.05) is 51.3 Å². The van der Waals surface area contributed by atoms with Crippen molar-refractivity contribution in [2.75, 3.05) is 0 Å². The minimum Gasteiger partial charge on any atom is -0.281 e. The summed E-state index contributed by atoms with van der Waals surface area (Å²) in [6, 6.07) is 0. The Morgan fingerprint density at radius 2 is 1.50 bits per heavy atom. The zero-order chi connectivity index (χ0) is 15.3. The molecule has 1 saturated carbocycles. The van der Waals surface area contributed by atoms with Crippen molar-refractivity contribution in [2.45, 2.75) is 65.0 Å². The lowest BCUT2D eigenvalue weighted by Gasteiger charge is -2.23. The van der Waals surface area contributed by atoms with Gasteiger partial charge < -0.3 is 0 Å². The molecule has 20 heavy (non-hydrogen) atoms. The van der Waals surface area contributed by atoms with Crippen molar-refractivity contribution in [3.8, 4) is 0 Å². The van der Waals surface area contributed by atoms with E-state index in [9.17, 15) is 13.2 Å². The number of carbonyl (C=O) groups excluding carboxylic acids is 1. The van der Waals surface area contributed by atoms with E-state index in [4.69, 9.17) is 0 Å². The monoisotopic (exact) mass is 306 g/mol. The van der Waals surface area contributed by atoms with E-state index in [2.05, 4.69) is 9.22 Å². The van der Waals surface area contributed by atoms with Gasteiger partial charge in [0.15, 0.2) is 0 Å². The van der Waals surface area contributed by atoms with Crippen LogP contribution in [0.4, 0.5) is 0 Å². The summed E-state index contributed by atoms with van der Waals surface area (Å²) < 4.78 is 28.4. The first-order valence-electron chi connectivity index (χ1n) is 7.39. The maximum atomic E-state index is 12.0. The van der Waals surface area contributed by atoms with Gasteiger partial charge in [0.25, 0.3) is 0 Å². The lowest BCUT2D eigenvalue weighted by molar-refractivity contribution is -0.220. The van der Waals surface area contributed by atoms with Crippen molar-refractivity contribution in [2.24, 2.45) is 17.8 Å². The zero-order valence-electron chi connectivity index (χ0n) is 12.8. The van der Waals surface area contributed by atoms with E-state index in [1.165, 1.54) is 0 Å². The summed E-state index contributed by atoms with van der Waals surface area (Å²) in [5, 5.41) is -0.541. The van der Waals surface area contributed by atoms with Crippen molar-refractivity contribution in [1.82, 2.24) is 0 Å². The third-order valence-electron chi connectivity index (χ3n) is 3.88. The minimum atomic E-state index is -3.81. The molecular formula is C14H26O5S. The van der Waals surface area contributed by atoms with Crippen LogP contribution in [0.25, 0.3) is 0 Å². The molecule has 0 aliphatic heterocycles. The van der Waals surface area contributed by atoms with Gasteiger partial charge in [-0.3, -0.25) is 4.89 Å². The van der Waals surface area contributed by atoms with Crippen LogP contribution in [0, 0.1) is 17.8 Å². The van der Waals surface area contributed by atoms with Crippen molar-refractivity contribution in [3.63, 3.8) is 0 Å². The van der Waals surface area contributed by atoms with Gasteiger partial charge in [-0.2, -0.15) is 8.42 Å². The molecule has 0 amide bonds. The molecule has 0 atom stereocenters. The van der Waals surface area contributed by atoms with Gasteiger partial charge in [-0.15, -0.1) is 0 Å². The van der Waals surface area contributed by atoms with Gasteiger partial charge in [0, 0.05) is 0 Å². The van der Waals surface area contributed by atoms with Crippen LogP contribution in [0.5, 0.6) is 0 Å². The zero-order valence-corrected chi connectivity index (χ0v) is 13.6. The van der Waals surface area contributed by atoms with Crippen molar-refractivity contribution >= 4 is 16.1 Å². The molecule has 0 bridgehead atoms. The van der Waals surface area contributed by atoms with Crippen LogP contribution in [0.3, 0.4) is 0 Å². The quantitative estimate of drug-likeness (QED) is 0.557. The van der Waals surface area contributed by atoms with E-state index in [-0.39, 0.29) is 17.8 Å². The molecular weight excluding hydrogens is 280 g/mol. The SMILES string of the molecule is CC(C)C(C(=O)OOS(=O)(=O)C1CCCCC1)C(C)C. The summed E-state index contributed by atoms with van der Waals surface area (Å²) in [6.07, 6.45) is 3.97. The Labute approximate surface area is 122 Å². The molecule has 0 aromatic heterocycles. The Kier molecular flexibility index (Phi) is 6.45. The highest BCUT2D eigenvalue weighted by atomic mass is 32.2. The Morgan fingerprint density at radius 1 is 1.00 bits per heavy atom. The van der Waals surface area contributed by atoms with Crippen LogP contribution in [0.15, 0.2) is 0 Å². The molecule has 0 heterocycles. The average Bonchev–Trinajstić information content (AvgIpc) is 2.37. The summed E-state index contributed by atoms with van der Waals surface area (Å²) >= 11 is 0. The van der Waals surface area contributed by atoms with Crippen molar-refractivity contribution < 1.29 is 22.4 Å². The van der Waals surface area contributed by atoms with Crippen LogP contribution >= 0.6 is 0 Å². The van der Waals surface area contributed by atoms with E-state index >= 15 is 0 Å². The van der Waals surface area contributed by atoms with Gasteiger partial charge >= 0.3 is 16.1 Å². The van der Waals surface area contributed by atoms with Crippen LogP contribution in [-0.4, -0.2) is 19.6 Å². The molecule has 1 fully saturated rings. The molecule has 118 valence electrons. The fraction of sp³-hybridized carbons (Fsp3) is 0.929. The highest BCUT2D eigenvalue weighted by Crippen LogP contribution is 2.26. The molecule has 1 aliphatic rings. The summed E-state index contributed by atoms with van der Waals surface area (Å²) in [7, 11) is -3.81. The van der Waals surface area contributed by atoms with Crippen LogP contribution in [0.2, 0.25) is 0 Å². The third kappa shape index (κ3) is 4.74. The Balaban J connectivity index is 2.58. The fourth-order valence-electron chi connectivity index (χ4n) is 2.86. The first-order valence-corrected chi connectivity index (χ1v) is 8.86. The Morgan fingerprint density at radius 3 is 1.95 bits per heavy atom. The summed E-state index contributed by atoms with van der Waals surface area (Å²) in [5.41, 5.74) is 0. The molecule has 0 radical (unpaired) electrons. The molecule has 6 heteroatoms. The van der Waals surface area contributed by atoms with Gasteiger partial charge in [0.05, 0.1) is 11.2 Å². The summed E-state index contributed by atoms with van der Waals surface area (Å²) in [5.74, 6) is -0.821. The van der Waals surface area contributed by atoms with E-state index < -0.39 is 21.3 Å². The second-order valence-electron chi connectivity index (χ2n) is 6.24. The predicted octanol–water partition coefficient (Wildman–Crippen LogP) is 3.05. The molecule has 0 unspecified atom stereocenters. The second kappa shape index (κ2) is 7.41. The smallest absolute Gasteiger partial charge is 0.281 e. The molecule has 0 aromatic carbocycles. The van der Waals surface area contributed by atoms with E-state index in [1.807, 2.05) is 27.7 Å². The largest absolute Gasteiger partial charge is 0.347 e. The van der Waals surface area contributed by atoms with Gasteiger partial charge in [-0.05, 0) is 24.7 Å². The van der Waals surface area contributed by atoms with Crippen LogP contribution in [0.1, 0.15) is 59.8 Å². The van der Waals surface area contributed by atoms with Crippen LogP contribution < -0.4 is 0 Å². The highest BCUT2D eigenvalue weighted by Gasteiger charge is 2.33. The summed E-state index contributed by atoms with van der Waals surface area (Å²) in [6.45, 7) is 7.62. The number of hydrogen-bond acceptors (Lipinski definition) is 5. The molecule has 0 spiro atoms. The Hall–Kier alpha value is -0.620. The van der Waals surface area contributed by atoms with Crippen molar-refractivity contribution in [3.05, 3.63) is 0 Å². The van der Waals surface area contributed by atoms with E-state index in [0.717, 1.165) is 19.3 Å². The van der Waals surface area contributed by atoms with E-state index in [1.54, 1.807) is 0 Å². The lowest BCUT2D eigenvalue weighted by Crippen LogP contribution is -2.31. The number of carbonyl (C=O) groups is 1. The second-order valence-corrected chi connectivity index (χ2v) is 8.03. The standard InChI is InChI=1S/C14H26O5S/c1-10(2)13(11(3)4)14(15)18-19-20(16,17)12-8-6-5-7-9-12/h10-13H,5-9H2,1-4H3. The molecule has 1 aliphatic carbocycles. The van der Waals surface area contributed by atoms with Crippen molar-refractivity contribution in [1.29, 1.82) is 0 Å². The van der Waals surface area contributed by atoms with Crippen LogP contribution in [-0.2, 0) is 24.1 Å². The van der Waals surface area contributed by atoms with Gasteiger partial charge in [-0.25, -0.2) is 4.79 Å². The topological polar surface area (TPSA) is 69.7 Å². The highest BCUT2D eigenvalue weighted by molar-refractivity contribution is 7.87. The summed E-state index contributed by atoms with van der Waals surface area (Å²) in [4.78, 5) is 16.6. The maximum Gasteiger partial charge on any atom is 0.347 e. The lowest BCUT2D eigenvalue weighted by atomic mass is 9.86. The Bertz CT molecular complexity index is 399. The molecule has 0 aromatic rings. The van der Waals surface area contributed by atoms with E-state index in [0.29, 0.717) is 12.8 Å². The van der Waals surface area contributed by atoms with Gasteiger partial charge in [0.2, 0.25) is 0 Å². The maximum absolute atomic E-state index is 12.0. The first-order chi connectivity index (χ1) is 9.25. The molecule has 0 N–H and O–H groups in total. The molecule has 5 nitrogen and oxygen atoms in total. The average molecular weight is 306 g/mol. The third-order valence-corrected chi connectivity index (χ3v) is 5.43. The molecule has 0 saturated heterocycles. The van der Waals surface area contributed by atoms with Gasteiger partial charge in [0.1, 0.15) is 0 Å². The minimum absolute atomic E-state index is 0.0727. The predicted molar refractivity (Wildman–Crippen MR) is 76.1 cm³/mol. The number of hydrogen-bond donors (Lipinski definition) is 0. The normalized spacial score (nSPS) is 17.9. The number of rotatable bonds is 6. The fourth-order valence-corrected chi connectivity index (χ4v) is 4.04. The molecule has 1 rings (SSSR count). The first kappa shape index (κ1) is 17.4.